The van der Waals surface area contributed by atoms with Gasteiger partial charge in [-0.2, -0.15) is 10.4 Å². The first kappa shape index (κ1) is 21.7. The van der Waals surface area contributed by atoms with Gasteiger partial charge in [0.15, 0.2) is 11.5 Å². The summed E-state index contributed by atoms with van der Waals surface area (Å²) in [5.41, 5.74) is 3.34. The van der Waals surface area contributed by atoms with Crippen molar-refractivity contribution in [3.63, 3.8) is 0 Å². The Bertz CT molecular complexity index is 1020. The van der Waals surface area contributed by atoms with Gasteiger partial charge in [-0.3, -0.25) is 9.59 Å². The molecule has 1 heterocycles. The molecule has 0 unspecified atom stereocenters. The molecule has 9 nitrogen and oxygen atoms in total. The topological polar surface area (TPSA) is 126 Å². The number of amides is 1. The number of pyridine rings is 1. The first-order valence-corrected chi connectivity index (χ1v) is 8.81. The summed E-state index contributed by atoms with van der Waals surface area (Å²) in [7, 11) is 1.47. The molecule has 0 aliphatic heterocycles. The third-order valence-electron chi connectivity index (χ3n) is 3.99. The van der Waals surface area contributed by atoms with E-state index in [0.717, 1.165) is 0 Å². The number of hydrogen-bond acceptors (Lipinski definition) is 7. The molecule has 0 spiro atoms. The van der Waals surface area contributed by atoms with E-state index in [2.05, 4.69) is 10.5 Å². The summed E-state index contributed by atoms with van der Waals surface area (Å²) in [5.74, 6) is -0.211. The highest BCUT2D eigenvalue weighted by atomic mass is 16.5. The fourth-order valence-corrected chi connectivity index (χ4v) is 2.66. The van der Waals surface area contributed by atoms with Gasteiger partial charge in [0.2, 0.25) is 0 Å². The van der Waals surface area contributed by atoms with Crippen LogP contribution in [0.25, 0.3) is 0 Å². The lowest BCUT2D eigenvalue weighted by Gasteiger charge is -2.12. The number of methoxy groups -OCH3 is 1. The predicted molar refractivity (Wildman–Crippen MR) is 106 cm³/mol. The average molecular weight is 398 g/mol. The zero-order valence-corrected chi connectivity index (χ0v) is 16.4. The lowest BCUT2D eigenvalue weighted by atomic mass is 10.1. The van der Waals surface area contributed by atoms with Crippen LogP contribution >= 0.6 is 0 Å². The van der Waals surface area contributed by atoms with E-state index < -0.39 is 11.5 Å². The molecule has 29 heavy (non-hydrogen) atoms. The minimum Gasteiger partial charge on any atom is -0.504 e. The lowest BCUT2D eigenvalue weighted by Crippen LogP contribution is -2.33. The number of aryl methyl sites for hydroxylation is 1. The van der Waals surface area contributed by atoms with Gasteiger partial charge in [0.25, 0.3) is 11.5 Å². The van der Waals surface area contributed by atoms with Gasteiger partial charge in [-0.25, -0.2) is 5.43 Å². The number of nitriles is 1. The Morgan fingerprint density at radius 2 is 2.17 bits per heavy atom. The number of phenolic OH excluding ortho intramolecular Hbond substituents is 1. The molecule has 0 aliphatic rings. The molecular formula is C20H22N4O5. The second kappa shape index (κ2) is 10.1. The monoisotopic (exact) mass is 398 g/mol. The molecule has 1 amide bonds. The Morgan fingerprint density at radius 1 is 1.41 bits per heavy atom. The number of hydrogen-bond donors (Lipinski definition) is 2. The molecule has 9 heteroatoms. The van der Waals surface area contributed by atoms with Crippen molar-refractivity contribution in [3.05, 3.63) is 57.0 Å². The fourth-order valence-electron chi connectivity index (χ4n) is 2.66. The minimum atomic E-state index is -0.557. The van der Waals surface area contributed by atoms with Crippen LogP contribution in [0.4, 0.5) is 0 Å². The van der Waals surface area contributed by atoms with E-state index in [9.17, 15) is 20.0 Å². The summed E-state index contributed by atoms with van der Waals surface area (Å²) in [5, 5.41) is 22.8. The van der Waals surface area contributed by atoms with Crippen LogP contribution in [0.1, 0.15) is 29.3 Å². The van der Waals surface area contributed by atoms with Crippen molar-refractivity contribution < 1.29 is 19.4 Å². The lowest BCUT2D eigenvalue weighted by molar-refractivity contribution is -0.121. The van der Waals surface area contributed by atoms with E-state index >= 15 is 0 Å². The highest BCUT2D eigenvalue weighted by molar-refractivity contribution is 5.83. The van der Waals surface area contributed by atoms with Crippen LogP contribution in [-0.4, -0.2) is 35.5 Å². The molecule has 152 valence electrons. The van der Waals surface area contributed by atoms with Crippen LogP contribution in [0.5, 0.6) is 11.5 Å². The molecule has 0 saturated carbocycles. The Hall–Kier alpha value is -3.64. The highest BCUT2D eigenvalue weighted by Crippen LogP contribution is 2.26. The Kier molecular flexibility index (Phi) is 7.51. The standard InChI is InChI=1S/C20H22N4O5/c1-4-29-18-8-14(5-6-17(18)25)10-22-23-19(26)11-24-13(2)7-15(12-28-3)16(9-21)20(24)27/h5-8,10,25H,4,11-12H2,1-3H3,(H,23,26)/b22-10+. The van der Waals surface area contributed by atoms with E-state index in [1.807, 2.05) is 6.07 Å². The summed E-state index contributed by atoms with van der Waals surface area (Å²) in [6, 6.07) is 8.16. The molecule has 1 aromatic heterocycles. The van der Waals surface area contributed by atoms with Gasteiger partial charge in [-0.05, 0) is 43.7 Å². The van der Waals surface area contributed by atoms with Crippen LogP contribution in [-0.2, 0) is 22.7 Å². The SMILES string of the molecule is CCOc1cc(/C=N/NC(=O)Cn2c(C)cc(COC)c(C#N)c2=O)ccc1O. The van der Waals surface area contributed by atoms with E-state index in [1.165, 1.54) is 24.0 Å². The van der Waals surface area contributed by atoms with Gasteiger partial charge >= 0.3 is 0 Å². The summed E-state index contributed by atoms with van der Waals surface area (Å²) in [4.78, 5) is 24.7. The number of aromatic hydroxyl groups is 1. The van der Waals surface area contributed by atoms with Crippen molar-refractivity contribution in [1.29, 1.82) is 5.26 Å². The molecule has 1 aromatic carbocycles. The molecule has 0 aliphatic carbocycles. The number of hydrazone groups is 1. The number of carbonyl (C=O) groups is 1. The molecule has 0 fully saturated rings. The van der Waals surface area contributed by atoms with Crippen LogP contribution in [0, 0.1) is 18.3 Å². The van der Waals surface area contributed by atoms with E-state index in [4.69, 9.17) is 9.47 Å². The summed E-state index contributed by atoms with van der Waals surface area (Å²) < 4.78 is 11.5. The third-order valence-corrected chi connectivity index (χ3v) is 3.99. The van der Waals surface area contributed by atoms with Crippen molar-refractivity contribution >= 4 is 12.1 Å². The van der Waals surface area contributed by atoms with Gasteiger partial charge in [-0.1, -0.05) is 0 Å². The zero-order chi connectivity index (χ0) is 21.4. The number of phenols is 1. The fraction of sp³-hybridized carbons (Fsp3) is 0.300. The van der Waals surface area contributed by atoms with Crippen molar-refractivity contribution in [2.75, 3.05) is 13.7 Å². The Morgan fingerprint density at radius 3 is 2.83 bits per heavy atom. The molecule has 2 rings (SSSR count). The summed E-state index contributed by atoms with van der Waals surface area (Å²) >= 11 is 0. The normalized spacial score (nSPS) is 10.7. The van der Waals surface area contributed by atoms with Crippen LogP contribution in [0.15, 0.2) is 34.2 Å². The summed E-state index contributed by atoms with van der Waals surface area (Å²) in [6.45, 7) is 3.71. The third kappa shape index (κ3) is 5.43. The van der Waals surface area contributed by atoms with Crippen LogP contribution in [0.3, 0.4) is 0 Å². The van der Waals surface area contributed by atoms with E-state index in [-0.39, 0.29) is 24.5 Å². The average Bonchev–Trinajstić information content (AvgIpc) is 2.68. The van der Waals surface area contributed by atoms with Crippen LogP contribution in [0.2, 0.25) is 0 Å². The number of ether oxygens (including phenoxy) is 2. The molecular weight excluding hydrogens is 376 g/mol. The molecule has 0 saturated heterocycles. The molecule has 2 N–H and O–H groups in total. The Balaban J connectivity index is 2.12. The molecule has 0 atom stereocenters. The Labute approximate surface area is 167 Å². The number of nitrogens with one attached hydrogen (secondary N) is 1. The first-order valence-electron chi connectivity index (χ1n) is 8.81. The number of benzene rings is 1. The molecule has 2 aromatic rings. The highest BCUT2D eigenvalue weighted by Gasteiger charge is 2.14. The smallest absolute Gasteiger partial charge is 0.269 e. The largest absolute Gasteiger partial charge is 0.504 e. The maximum Gasteiger partial charge on any atom is 0.269 e. The van der Waals surface area contributed by atoms with Gasteiger partial charge in [0.05, 0.1) is 19.4 Å². The predicted octanol–water partition coefficient (Wildman–Crippen LogP) is 1.43. The van der Waals surface area contributed by atoms with Crippen LogP contribution < -0.4 is 15.7 Å². The maximum absolute atomic E-state index is 12.5. The number of nitrogens with zero attached hydrogens (tertiary/aromatic N) is 3. The quantitative estimate of drug-likeness (QED) is 0.512. The van der Waals surface area contributed by atoms with Gasteiger partial charge in [-0.15, -0.1) is 0 Å². The van der Waals surface area contributed by atoms with E-state index in [0.29, 0.717) is 29.2 Å². The van der Waals surface area contributed by atoms with Gasteiger partial charge < -0.3 is 19.1 Å². The number of carbonyl (C=O) groups excluding carboxylic acids is 1. The van der Waals surface area contributed by atoms with Crippen molar-refractivity contribution in [2.24, 2.45) is 5.10 Å². The molecule has 0 radical (unpaired) electrons. The van der Waals surface area contributed by atoms with Crippen molar-refractivity contribution in [3.8, 4) is 17.6 Å². The second-order valence-electron chi connectivity index (χ2n) is 6.08. The van der Waals surface area contributed by atoms with Gasteiger partial charge in [0, 0.05) is 18.4 Å². The molecule has 0 bridgehead atoms. The summed E-state index contributed by atoms with van der Waals surface area (Å²) in [6.07, 6.45) is 1.39. The minimum absolute atomic E-state index is 0.00750. The van der Waals surface area contributed by atoms with Crippen molar-refractivity contribution in [2.45, 2.75) is 27.0 Å². The van der Waals surface area contributed by atoms with E-state index in [1.54, 1.807) is 32.0 Å². The maximum atomic E-state index is 12.5. The first-order chi connectivity index (χ1) is 13.9. The second-order valence-corrected chi connectivity index (χ2v) is 6.08. The number of rotatable bonds is 8. The van der Waals surface area contributed by atoms with Gasteiger partial charge in [0.1, 0.15) is 18.2 Å². The number of aromatic nitrogens is 1. The zero-order valence-electron chi connectivity index (χ0n) is 16.4. The van der Waals surface area contributed by atoms with Crippen molar-refractivity contribution in [1.82, 2.24) is 9.99 Å².